The highest BCUT2D eigenvalue weighted by Gasteiger charge is 2.31. The van der Waals surface area contributed by atoms with Crippen molar-refractivity contribution in [2.24, 2.45) is 5.92 Å². The number of alkyl halides is 3. The minimum absolute atomic E-state index is 0.0301. The second kappa shape index (κ2) is 9.59. The quantitative estimate of drug-likeness (QED) is 0.544. The standard InChI is InChI=1S/C21H22ClF3N2OS/c1-12(2)10-14-4-6-15(7-5-14)13(3)19(28)27-20(29)26-18-11-16(21(23,24)25)8-9-17(18)22/h4-9,11-13H,10H2,1-3H3,(H2,26,27,28,29). The van der Waals surface area contributed by atoms with Gasteiger partial charge in [0.15, 0.2) is 5.11 Å². The van der Waals surface area contributed by atoms with Crippen LogP contribution in [0.4, 0.5) is 18.9 Å². The maximum Gasteiger partial charge on any atom is 0.416 e. The molecule has 2 rings (SSSR count). The van der Waals surface area contributed by atoms with Gasteiger partial charge in [0.1, 0.15) is 0 Å². The molecule has 156 valence electrons. The number of halogens is 4. The first-order valence-electron chi connectivity index (χ1n) is 9.04. The van der Waals surface area contributed by atoms with E-state index in [9.17, 15) is 18.0 Å². The van der Waals surface area contributed by atoms with Gasteiger partial charge < -0.3 is 10.6 Å². The lowest BCUT2D eigenvalue weighted by Gasteiger charge is -2.16. The van der Waals surface area contributed by atoms with Gasteiger partial charge in [-0.1, -0.05) is 49.7 Å². The molecule has 0 spiro atoms. The topological polar surface area (TPSA) is 41.1 Å². The van der Waals surface area contributed by atoms with Crippen LogP contribution in [0.1, 0.15) is 43.4 Å². The molecule has 29 heavy (non-hydrogen) atoms. The van der Waals surface area contributed by atoms with Gasteiger partial charge in [0, 0.05) is 0 Å². The Morgan fingerprint density at radius 1 is 1.10 bits per heavy atom. The SMILES string of the molecule is CC(C)Cc1ccc(C(C)C(=O)NC(=S)Nc2cc(C(F)(F)F)ccc2Cl)cc1. The van der Waals surface area contributed by atoms with Gasteiger partial charge in [-0.15, -0.1) is 0 Å². The monoisotopic (exact) mass is 442 g/mol. The van der Waals surface area contributed by atoms with E-state index in [-0.39, 0.29) is 21.7 Å². The van der Waals surface area contributed by atoms with Gasteiger partial charge >= 0.3 is 6.18 Å². The molecule has 0 heterocycles. The molecule has 1 unspecified atom stereocenters. The summed E-state index contributed by atoms with van der Waals surface area (Å²) in [4.78, 5) is 12.5. The second-order valence-electron chi connectivity index (χ2n) is 7.20. The first kappa shape index (κ1) is 23.2. The van der Waals surface area contributed by atoms with E-state index in [1.54, 1.807) is 6.92 Å². The van der Waals surface area contributed by atoms with Gasteiger partial charge in [0.05, 0.1) is 22.2 Å². The Bertz CT molecular complexity index is 882. The second-order valence-corrected chi connectivity index (χ2v) is 8.01. The van der Waals surface area contributed by atoms with Gasteiger partial charge in [0.25, 0.3) is 0 Å². The zero-order valence-corrected chi connectivity index (χ0v) is 17.8. The van der Waals surface area contributed by atoms with Gasteiger partial charge in [-0.25, -0.2) is 0 Å². The lowest BCUT2D eigenvalue weighted by atomic mass is 9.96. The van der Waals surface area contributed by atoms with E-state index in [4.69, 9.17) is 23.8 Å². The summed E-state index contributed by atoms with van der Waals surface area (Å²) in [5.74, 6) is -0.324. The van der Waals surface area contributed by atoms with Crippen molar-refractivity contribution >= 4 is 40.5 Å². The number of hydrogen-bond donors (Lipinski definition) is 2. The molecule has 0 bridgehead atoms. The van der Waals surface area contributed by atoms with Crippen molar-refractivity contribution in [3.8, 4) is 0 Å². The fourth-order valence-electron chi connectivity index (χ4n) is 2.74. The van der Waals surface area contributed by atoms with Crippen molar-refractivity contribution in [3.05, 3.63) is 64.2 Å². The molecular formula is C21H22ClF3N2OS. The molecule has 0 aromatic heterocycles. The molecular weight excluding hydrogens is 421 g/mol. The van der Waals surface area contributed by atoms with E-state index in [2.05, 4.69) is 24.5 Å². The summed E-state index contributed by atoms with van der Waals surface area (Å²) in [6.45, 7) is 6.00. The van der Waals surface area contributed by atoms with Crippen LogP contribution in [0, 0.1) is 5.92 Å². The first-order chi connectivity index (χ1) is 13.5. The van der Waals surface area contributed by atoms with E-state index in [1.807, 2.05) is 24.3 Å². The number of hydrogen-bond acceptors (Lipinski definition) is 2. The molecule has 2 aromatic carbocycles. The van der Waals surface area contributed by atoms with Crippen molar-refractivity contribution in [2.45, 2.75) is 39.3 Å². The molecule has 0 radical (unpaired) electrons. The van der Waals surface area contributed by atoms with E-state index < -0.39 is 17.7 Å². The Morgan fingerprint density at radius 3 is 2.28 bits per heavy atom. The fraction of sp³-hybridized carbons (Fsp3) is 0.333. The van der Waals surface area contributed by atoms with Crippen molar-refractivity contribution < 1.29 is 18.0 Å². The summed E-state index contributed by atoms with van der Waals surface area (Å²) in [5, 5.41) is 4.99. The Hall–Kier alpha value is -2.12. The molecule has 1 atom stereocenters. The summed E-state index contributed by atoms with van der Waals surface area (Å²) < 4.78 is 38.6. The molecule has 2 N–H and O–H groups in total. The average Bonchev–Trinajstić information content (AvgIpc) is 2.62. The van der Waals surface area contributed by atoms with Gasteiger partial charge in [-0.05, 0) is 60.8 Å². The number of carbonyl (C=O) groups excluding carboxylic acids is 1. The molecule has 0 aliphatic rings. The lowest BCUT2D eigenvalue weighted by Crippen LogP contribution is -2.36. The third-order valence-corrected chi connectivity index (χ3v) is 4.83. The van der Waals surface area contributed by atoms with Crippen LogP contribution in [0.15, 0.2) is 42.5 Å². The van der Waals surface area contributed by atoms with Crippen molar-refractivity contribution in [2.75, 3.05) is 5.32 Å². The number of nitrogens with one attached hydrogen (secondary N) is 2. The summed E-state index contributed by atoms with van der Waals surface area (Å²) in [6, 6.07) is 10.6. The zero-order chi connectivity index (χ0) is 21.8. The van der Waals surface area contributed by atoms with Gasteiger partial charge in [0.2, 0.25) is 5.91 Å². The zero-order valence-electron chi connectivity index (χ0n) is 16.2. The Balaban J connectivity index is 2.02. The normalized spacial score (nSPS) is 12.6. The molecule has 8 heteroatoms. The summed E-state index contributed by atoms with van der Waals surface area (Å²) in [5.41, 5.74) is 1.11. The highest BCUT2D eigenvalue weighted by molar-refractivity contribution is 7.80. The molecule has 2 aromatic rings. The van der Waals surface area contributed by atoms with Crippen LogP contribution in [0.2, 0.25) is 5.02 Å². The maximum absolute atomic E-state index is 12.9. The average molecular weight is 443 g/mol. The molecule has 1 amide bonds. The van der Waals surface area contributed by atoms with Gasteiger partial charge in [-0.3, -0.25) is 4.79 Å². The predicted molar refractivity (Wildman–Crippen MR) is 114 cm³/mol. The lowest BCUT2D eigenvalue weighted by molar-refractivity contribution is -0.137. The summed E-state index contributed by atoms with van der Waals surface area (Å²) in [6.07, 6.45) is -3.56. The maximum atomic E-state index is 12.9. The number of rotatable bonds is 5. The minimum atomic E-state index is -4.51. The van der Waals surface area contributed by atoms with Crippen LogP contribution >= 0.6 is 23.8 Å². The minimum Gasteiger partial charge on any atom is -0.331 e. The van der Waals surface area contributed by atoms with E-state index in [0.717, 1.165) is 30.2 Å². The number of benzene rings is 2. The fourth-order valence-corrected chi connectivity index (χ4v) is 3.11. The molecule has 0 aliphatic heterocycles. The molecule has 0 saturated heterocycles. The van der Waals surface area contributed by atoms with Crippen LogP contribution in [0.3, 0.4) is 0 Å². The highest BCUT2D eigenvalue weighted by atomic mass is 35.5. The van der Waals surface area contributed by atoms with Crippen molar-refractivity contribution in [1.82, 2.24) is 5.32 Å². The molecule has 0 fully saturated rings. The highest BCUT2D eigenvalue weighted by Crippen LogP contribution is 2.33. The van der Waals surface area contributed by atoms with Crippen LogP contribution < -0.4 is 10.6 Å². The van der Waals surface area contributed by atoms with Crippen LogP contribution in [0.25, 0.3) is 0 Å². The number of thiocarbonyl (C=S) groups is 1. The number of anilines is 1. The molecule has 3 nitrogen and oxygen atoms in total. The Morgan fingerprint density at radius 2 is 1.72 bits per heavy atom. The number of carbonyl (C=O) groups is 1. The van der Waals surface area contributed by atoms with E-state index >= 15 is 0 Å². The van der Waals surface area contributed by atoms with Crippen LogP contribution in [0.5, 0.6) is 0 Å². The largest absolute Gasteiger partial charge is 0.416 e. The number of amides is 1. The third kappa shape index (κ3) is 6.72. The Labute approximate surface area is 178 Å². The van der Waals surface area contributed by atoms with Gasteiger partial charge in [-0.2, -0.15) is 13.2 Å². The Kier molecular flexibility index (Phi) is 7.66. The summed E-state index contributed by atoms with van der Waals surface area (Å²) in [7, 11) is 0. The van der Waals surface area contributed by atoms with Crippen molar-refractivity contribution in [1.29, 1.82) is 0 Å². The van der Waals surface area contributed by atoms with E-state index in [0.29, 0.717) is 5.92 Å². The smallest absolute Gasteiger partial charge is 0.331 e. The summed E-state index contributed by atoms with van der Waals surface area (Å²) >= 11 is 11.0. The molecule has 0 saturated carbocycles. The van der Waals surface area contributed by atoms with E-state index in [1.165, 1.54) is 5.56 Å². The first-order valence-corrected chi connectivity index (χ1v) is 9.83. The van der Waals surface area contributed by atoms with Crippen LogP contribution in [-0.2, 0) is 17.4 Å². The predicted octanol–water partition coefficient (Wildman–Crippen LogP) is 6.17. The molecule has 0 aliphatic carbocycles. The third-order valence-electron chi connectivity index (χ3n) is 4.30. The van der Waals surface area contributed by atoms with Crippen molar-refractivity contribution in [3.63, 3.8) is 0 Å². The van der Waals surface area contributed by atoms with Crippen LogP contribution in [-0.4, -0.2) is 11.0 Å².